The van der Waals surface area contributed by atoms with Gasteiger partial charge in [-0.25, -0.2) is 9.78 Å². The molecular formula is C22H13Cl2NO3. The van der Waals surface area contributed by atoms with Crippen molar-refractivity contribution >= 4 is 52.2 Å². The molecule has 0 atom stereocenters. The van der Waals surface area contributed by atoms with Gasteiger partial charge in [0.1, 0.15) is 11.5 Å². The molecule has 2 aromatic carbocycles. The molecule has 0 aliphatic rings. The Balaban J connectivity index is 1.65. The average molecular weight is 410 g/mol. The molecule has 0 radical (unpaired) electrons. The van der Waals surface area contributed by atoms with Crippen molar-refractivity contribution < 1.29 is 14.3 Å². The SMILES string of the molecule is O=C(O)c1cc(/C=C/c2ccc(-c3ccc(Cl)c(Cl)c3)o2)nc2ccccc12. The summed E-state index contributed by atoms with van der Waals surface area (Å²) in [6, 6.07) is 17.6. The largest absolute Gasteiger partial charge is 0.478 e. The molecule has 0 spiro atoms. The Morgan fingerprint density at radius 3 is 2.57 bits per heavy atom. The molecule has 6 heteroatoms. The number of halogens is 2. The zero-order chi connectivity index (χ0) is 19.7. The van der Waals surface area contributed by atoms with E-state index in [1.165, 1.54) is 0 Å². The first-order chi connectivity index (χ1) is 13.5. The van der Waals surface area contributed by atoms with Crippen molar-refractivity contribution in [2.75, 3.05) is 0 Å². The fourth-order valence-corrected chi connectivity index (χ4v) is 3.17. The molecule has 0 aliphatic carbocycles. The lowest BCUT2D eigenvalue weighted by Gasteiger charge is -2.03. The van der Waals surface area contributed by atoms with E-state index in [4.69, 9.17) is 27.6 Å². The third-order valence-corrected chi connectivity index (χ3v) is 4.95. The molecule has 0 aliphatic heterocycles. The lowest BCUT2D eigenvalue weighted by molar-refractivity contribution is 0.0699. The van der Waals surface area contributed by atoms with Crippen LogP contribution in [0, 0.1) is 0 Å². The van der Waals surface area contributed by atoms with E-state index in [1.807, 2.05) is 24.3 Å². The van der Waals surface area contributed by atoms with Gasteiger partial charge in [0.05, 0.1) is 26.8 Å². The lowest BCUT2D eigenvalue weighted by atomic mass is 10.1. The van der Waals surface area contributed by atoms with Crippen molar-refractivity contribution in [1.29, 1.82) is 0 Å². The Hall–Kier alpha value is -3.08. The van der Waals surface area contributed by atoms with Crippen molar-refractivity contribution in [1.82, 2.24) is 4.98 Å². The molecule has 0 saturated heterocycles. The second-order valence-corrected chi connectivity index (χ2v) is 6.90. The van der Waals surface area contributed by atoms with Gasteiger partial charge in [0.2, 0.25) is 0 Å². The van der Waals surface area contributed by atoms with Crippen molar-refractivity contribution in [3.05, 3.63) is 87.7 Å². The number of rotatable bonds is 4. The Kier molecular flexibility index (Phi) is 4.90. The molecular weight excluding hydrogens is 397 g/mol. The number of pyridine rings is 1. The Morgan fingerprint density at radius 2 is 1.79 bits per heavy atom. The van der Waals surface area contributed by atoms with Crippen molar-refractivity contribution in [3.63, 3.8) is 0 Å². The lowest BCUT2D eigenvalue weighted by Crippen LogP contribution is -2.00. The summed E-state index contributed by atoms with van der Waals surface area (Å²) in [4.78, 5) is 16.1. The van der Waals surface area contributed by atoms with E-state index in [0.717, 1.165) is 5.56 Å². The number of aromatic carboxylic acids is 1. The predicted octanol–water partition coefficient (Wildman–Crippen LogP) is 6.67. The van der Waals surface area contributed by atoms with Crippen LogP contribution in [0.4, 0.5) is 0 Å². The molecule has 1 N–H and O–H groups in total. The van der Waals surface area contributed by atoms with Crippen LogP contribution in [0.25, 0.3) is 34.4 Å². The topological polar surface area (TPSA) is 63.3 Å². The van der Waals surface area contributed by atoms with Gasteiger partial charge in [0.25, 0.3) is 0 Å². The first-order valence-electron chi connectivity index (χ1n) is 8.38. The van der Waals surface area contributed by atoms with Crippen molar-refractivity contribution in [2.45, 2.75) is 0 Å². The number of furan rings is 1. The molecule has 0 amide bonds. The second kappa shape index (κ2) is 7.50. The minimum absolute atomic E-state index is 0.209. The summed E-state index contributed by atoms with van der Waals surface area (Å²) in [5.41, 5.74) is 2.17. The predicted molar refractivity (Wildman–Crippen MR) is 112 cm³/mol. The maximum Gasteiger partial charge on any atom is 0.336 e. The number of hydrogen-bond donors (Lipinski definition) is 1. The molecule has 4 nitrogen and oxygen atoms in total. The van der Waals surface area contributed by atoms with Gasteiger partial charge in [-0.05, 0) is 54.6 Å². The van der Waals surface area contributed by atoms with Crippen LogP contribution in [-0.2, 0) is 0 Å². The van der Waals surface area contributed by atoms with Crippen LogP contribution >= 0.6 is 23.2 Å². The maximum absolute atomic E-state index is 11.6. The van der Waals surface area contributed by atoms with E-state index in [2.05, 4.69) is 4.98 Å². The number of para-hydroxylation sites is 1. The summed E-state index contributed by atoms with van der Waals surface area (Å²) in [7, 11) is 0. The highest BCUT2D eigenvalue weighted by molar-refractivity contribution is 6.42. The number of fused-ring (bicyclic) bond motifs is 1. The second-order valence-electron chi connectivity index (χ2n) is 6.08. The molecule has 0 unspecified atom stereocenters. The van der Waals surface area contributed by atoms with Gasteiger partial charge < -0.3 is 9.52 Å². The number of benzene rings is 2. The molecule has 4 aromatic rings. The molecule has 2 heterocycles. The molecule has 138 valence electrons. The van der Waals surface area contributed by atoms with Gasteiger partial charge in [0, 0.05) is 10.9 Å². The van der Waals surface area contributed by atoms with Crippen LogP contribution in [0.3, 0.4) is 0 Å². The summed E-state index contributed by atoms with van der Waals surface area (Å²) in [6.07, 6.45) is 3.46. The highest BCUT2D eigenvalue weighted by atomic mass is 35.5. The van der Waals surface area contributed by atoms with Gasteiger partial charge in [0.15, 0.2) is 0 Å². The Morgan fingerprint density at radius 1 is 0.964 bits per heavy atom. The molecule has 4 rings (SSSR count). The average Bonchev–Trinajstić information content (AvgIpc) is 3.17. The highest BCUT2D eigenvalue weighted by Crippen LogP contribution is 2.30. The van der Waals surface area contributed by atoms with Gasteiger partial charge in [-0.15, -0.1) is 0 Å². The van der Waals surface area contributed by atoms with Crippen LogP contribution in [0.5, 0.6) is 0 Å². The number of carboxylic acid groups (broad SMARTS) is 1. The van der Waals surface area contributed by atoms with E-state index in [1.54, 1.807) is 48.6 Å². The fraction of sp³-hybridized carbons (Fsp3) is 0. The monoisotopic (exact) mass is 409 g/mol. The zero-order valence-corrected chi connectivity index (χ0v) is 15.9. The van der Waals surface area contributed by atoms with E-state index < -0.39 is 5.97 Å². The molecule has 28 heavy (non-hydrogen) atoms. The molecule has 0 saturated carbocycles. The summed E-state index contributed by atoms with van der Waals surface area (Å²) < 4.78 is 5.82. The smallest absolute Gasteiger partial charge is 0.336 e. The number of carboxylic acids is 1. The Labute approximate surface area is 170 Å². The van der Waals surface area contributed by atoms with E-state index in [-0.39, 0.29) is 5.56 Å². The summed E-state index contributed by atoms with van der Waals surface area (Å²) in [6.45, 7) is 0. The van der Waals surface area contributed by atoms with Crippen LogP contribution in [0.2, 0.25) is 10.0 Å². The molecule has 0 bridgehead atoms. The summed E-state index contributed by atoms with van der Waals surface area (Å²) >= 11 is 12.0. The normalized spacial score (nSPS) is 11.4. The minimum Gasteiger partial charge on any atom is -0.478 e. The standard InChI is InChI=1S/C22H13Cl2NO3/c23-18-9-5-13(11-19(18)24)21-10-8-15(28-21)7-6-14-12-17(22(26)27)16-3-1-2-4-20(16)25-14/h1-12H,(H,26,27)/b7-6+. The van der Waals surface area contributed by atoms with E-state index >= 15 is 0 Å². The van der Waals surface area contributed by atoms with Crippen LogP contribution in [-0.4, -0.2) is 16.1 Å². The van der Waals surface area contributed by atoms with Crippen LogP contribution in [0.1, 0.15) is 21.8 Å². The summed E-state index contributed by atoms with van der Waals surface area (Å²) in [5.74, 6) is 0.261. The Bertz CT molecular complexity index is 1230. The number of carbonyl (C=O) groups is 1. The zero-order valence-electron chi connectivity index (χ0n) is 14.4. The first-order valence-corrected chi connectivity index (χ1v) is 9.13. The van der Waals surface area contributed by atoms with E-state index in [9.17, 15) is 9.90 Å². The first kappa shape index (κ1) is 18.3. The third-order valence-electron chi connectivity index (χ3n) is 4.22. The van der Waals surface area contributed by atoms with Gasteiger partial charge in [-0.1, -0.05) is 41.4 Å². The molecule has 2 aromatic heterocycles. The van der Waals surface area contributed by atoms with Gasteiger partial charge in [-0.3, -0.25) is 0 Å². The number of nitrogens with zero attached hydrogens (tertiary/aromatic N) is 1. The van der Waals surface area contributed by atoms with Gasteiger partial charge >= 0.3 is 5.97 Å². The minimum atomic E-state index is -0.992. The third kappa shape index (κ3) is 3.65. The van der Waals surface area contributed by atoms with Crippen LogP contribution in [0.15, 0.2) is 65.1 Å². The van der Waals surface area contributed by atoms with Gasteiger partial charge in [-0.2, -0.15) is 0 Å². The quantitative estimate of drug-likeness (QED) is 0.408. The maximum atomic E-state index is 11.6. The van der Waals surface area contributed by atoms with Crippen molar-refractivity contribution in [3.8, 4) is 11.3 Å². The number of aromatic nitrogens is 1. The molecule has 0 fully saturated rings. The van der Waals surface area contributed by atoms with E-state index in [0.29, 0.717) is 38.2 Å². The highest BCUT2D eigenvalue weighted by Gasteiger charge is 2.11. The fourth-order valence-electron chi connectivity index (χ4n) is 2.87. The number of hydrogen-bond acceptors (Lipinski definition) is 3. The van der Waals surface area contributed by atoms with Crippen LogP contribution < -0.4 is 0 Å². The summed E-state index contributed by atoms with van der Waals surface area (Å²) in [5, 5.41) is 11.0. The van der Waals surface area contributed by atoms with Crippen molar-refractivity contribution in [2.24, 2.45) is 0 Å².